The Balaban J connectivity index is 1.19. The second-order valence-corrected chi connectivity index (χ2v) is 8.45. The van der Waals surface area contributed by atoms with Gasteiger partial charge in [0.05, 0.1) is 15.2 Å². The molecule has 160 valence electrons. The first-order chi connectivity index (χ1) is 15.1. The number of nitrogens with one attached hydrogen (secondary N) is 1. The highest BCUT2D eigenvalue weighted by Gasteiger charge is 2.21. The van der Waals surface area contributed by atoms with Gasteiger partial charge in [0.1, 0.15) is 0 Å². The van der Waals surface area contributed by atoms with Crippen LogP contribution in [0, 0.1) is 0 Å². The van der Waals surface area contributed by atoms with Crippen molar-refractivity contribution in [1.82, 2.24) is 4.98 Å². The molecular weight excluding hydrogens is 414 g/mol. The number of thiazole rings is 1. The smallest absolute Gasteiger partial charge is 0.306 e. The number of esters is 1. The predicted octanol–water partition coefficient (Wildman–Crippen LogP) is 3.93. The molecule has 1 aliphatic rings. The lowest BCUT2D eigenvalue weighted by Crippen LogP contribution is -2.24. The summed E-state index contributed by atoms with van der Waals surface area (Å²) in [5.74, 6) is -0.736. The van der Waals surface area contributed by atoms with Gasteiger partial charge in [0.2, 0.25) is 5.91 Å². The maximum atomic E-state index is 12.1. The lowest BCUT2D eigenvalue weighted by Gasteiger charge is -2.16. The van der Waals surface area contributed by atoms with Crippen LogP contribution in [0.2, 0.25) is 0 Å². The first-order valence-corrected chi connectivity index (χ1v) is 11.1. The van der Waals surface area contributed by atoms with Crippen LogP contribution in [0.1, 0.15) is 30.7 Å². The average molecular weight is 438 g/mol. The van der Waals surface area contributed by atoms with E-state index >= 15 is 0 Å². The molecule has 2 amide bonds. The van der Waals surface area contributed by atoms with E-state index < -0.39 is 11.9 Å². The van der Waals surface area contributed by atoms with Gasteiger partial charge in [0.15, 0.2) is 6.61 Å². The molecule has 3 aromatic rings. The van der Waals surface area contributed by atoms with Gasteiger partial charge in [-0.15, -0.1) is 11.3 Å². The number of para-hydroxylation sites is 1. The van der Waals surface area contributed by atoms with E-state index in [2.05, 4.69) is 10.3 Å². The van der Waals surface area contributed by atoms with Crippen molar-refractivity contribution >= 4 is 50.7 Å². The van der Waals surface area contributed by atoms with Crippen molar-refractivity contribution in [2.24, 2.45) is 0 Å². The minimum absolute atomic E-state index is 0.0863. The molecule has 1 aromatic heterocycles. The van der Waals surface area contributed by atoms with Crippen LogP contribution in [-0.2, 0) is 25.5 Å². The molecule has 0 bridgehead atoms. The van der Waals surface area contributed by atoms with Gasteiger partial charge in [-0.25, -0.2) is 4.98 Å². The largest absolute Gasteiger partial charge is 0.456 e. The van der Waals surface area contributed by atoms with Crippen LogP contribution in [0.5, 0.6) is 0 Å². The van der Waals surface area contributed by atoms with Gasteiger partial charge < -0.3 is 15.0 Å². The number of carbonyl (C=O) groups is 3. The minimum atomic E-state index is -0.413. The lowest BCUT2D eigenvalue weighted by atomic mass is 10.2. The van der Waals surface area contributed by atoms with Crippen molar-refractivity contribution in [3.63, 3.8) is 0 Å². The van der Waals surface area contributed by atoms with Gasteiger partial charge in [0, 0.05) is 30.8 Å². The Hall–Kier alpha value is -3.26. The molecule has 1 fully saturated rings. The summed E-state index contributed by atoms with van der Waals surface area (Å²) >= 11 is 1.63. The molecule has 31 heavy (non-hydrogen) atoms. The van der Waals surface area contributed by atoms with Crippen LogP contribution in [-0.4, -0.2) is 35.9 Å². The van der Waals surface area contributed by atoms with Crippen LogP contribution in [0.25, 0.3) is 10.2 Å². The van der Waals surface area contributed by atoms with Crippen molar-refractivity contribution < 1.29 is 19.1 Å². The van der Waals surface area contributed by atoms with Gasteiger partial charge in [-0.2, -0.15) is 0 Å². The molecular formula is C23H23N3O4S. The number of ether oxygens (including phenoxy) is 1. The highest BCUT2D eigenvalue weighted by Crippen LogP contribution is 2.24. The van der Waals surface area contributed by atoms with E-state index in [1.807, 2.05) is 30.3 Å². The summed E-state index contributed by atoms with van der Waals surface area (Å²) in [5.41, 5.74) is 2.29. The van der Waals surface area contributed by atoms with Gasteiger partial charge >= 0.3 is 5.97 Å². The monoisotopic (exact) mass is 437 g/mol. The van der Waals surface area contributed by atoms with Crippen LogP contribution in [0.4, 0.5) is 11.4 Å². The fourth-order valence-corrected chi connectivity index (χ4v) is 4.51. The van der Waals surface area contributed by atoms with Crippen molar-refractivity contribution in [3.05, 3.63) is 53.5 Å². The standard InChI is InChI=1S/C23H23N3O4S/c27-20(24-16-6-3-7-17(14-16)26-13-5-11-22(26)28)15-30-23(29)12-4-10-21-25-18-8-1-2-9-19(18)31-21/h1-3,6-9,14H,4-5,10-13,15H2,(H,24,27). The zero-order chi connectivity index (χ0) is 21.6. The molecule has 0 spiro atoms. The Kier molecular flexibility index (Phi) is 6.57. The molecule has 0 unspecified atom stereocenters. The van der Waals surface area contributed by atoms with E-state index in [4.69, 9.17) is 4.74 Å². The molecule has 0 radical (unpaired) electrons. The van der Waals surface area contributed by atoms with Crippen LogP contribution >= 0.6 is 11.3 Å². The Morgan fingerprint density at radius 1 is 1.16 bits per heavy atom. The number of aromatic nitrogens is 1. The number of benzene rings is 2. The summed E-state index contributed by atoms with van der Waals surface area (Å²) in [7, 11) is 0. The first kappa shape index (κ1) is 21.0. The van der Waals surface area contributed by atoms with E-state index in [-0.39, 0.29) is 18.9 Å². The third-order valence-corrected chi connectivity index (χ3v) is 6.09. The molecule has 8 heteroatoms. The topological polar surface area (TPSA) is 88.6 Å². The van der Waals surface area contributed by atoms with Gasteiger partial charge in [0.25, 0.3) is 5.91 Å². The number of hydrogen-bond donors (Lipinski definition) is 1. The number of hydrogen-bond acceptors (Lipinski definition) is 6. The second kappa shape index (κ2) is 9.70. The van der Waals surface area contributed by atoms with E-state index in [0.717, 1.165) is 27.3 Å². The van der Waals surface area contributed by atoms with E-state index in [9.17, 15) is 14.4 Å². The van der Waals surface area contributed by atoms with Crippen LogP contribution < -0.4 is 10.2 Å². The number of carbonyl (C=O) groups excluding carboxylic acids is 3. The number of rotatable bonds is 8. The molecule has 0 saturated carbocycles. The summed E-state index contributed by atoms with van der Waals surface area (Å²) in [6, 6.07) is 15.0. The molecule has 2 aromatic carbocycles. The van der Waals surface area contributed by atoms with Gasteiger partial charge in [-0.1, -0.05) is 18.2 Å². The van der Waals surface area contributed by atoms with Crippen LogP contribution in [0.3, 0.4) is 0 Å². The minimum Gasteiger partial charge on any atom is -0.456 e. The second-order valence-electron chi connectivity index (χ2n) is 7.34. The molecule has 0 aliphatic carbocycles. The highest BCUT2D eigenvalue weighted by molar-refractivity contribution is 7.18. The van der Waals surface area contributed by atoms with Crippen molar-refractivity contribution in [3.8, 4) is 0 Å². The number of aryl methyl sites for hydroxylation is 1. The number of anilines is 2. The Bertz CT molecular complexity index is 1080. The third kappa shape index (κ3) is 5.46. The molecule has 4 rings (SSSR count). The Morgan fingerprint density at radius 2 is 2.03 bits per heavy atom. The first-order valence-electron chi connectivity index (χ1n) is 10.3. The van der Waals surface area contributed by atoms with Crippen molar-refractivity contribution in [2.75, 3.05) is 23.4 Å². The van der Waals surface area contributed by atoms with Crippen molar-refractivity contribution in [2.45, 2.75) is 32.1 Å². The summed E-state index contributed by atoms with van der Waals surface area (Å²) in [4.78, 5) is 42.2. The maximum absolute atomic E-state index is 12.1. The number of fused-ring (bicyclic) bond motifs is 1. The zero-order valence-electron chi connectivity index (χ0n) is 17.0. The SMILES string of the molecule is O=C(COC(=O)CCCc1nc2ccccc2s1)Nc1cccc(N2CCCC2=O)c1. The normalized spacial score (nSPS) is 13.5. The number of amides is 2. The lowest BCUT2D eigenvalue weighted by molar-refractivity contribution is -0.147. The maximum Gasteiger partial charge on any atom is 0.306 e. The predicted molar refractivity (Wildman–Crippen MR) is 120 cm³/mol. The molecule has 1 saturated heterocycles. The quantitative estimate of drug-likeness (QED) is 0.540. The Morgan fingerprint density at radius 3 is 2.84 bits per heavy atom. The van der Waals surface area contributed by atoms with Gasteiger partial charge in [-0.05, 0) is 49.6 Å². The molecule has 0 atom stereocenters. The van der Waals surface area contributed by atoms with E-state index in [0.29, 0.717) is 31.5 Å². The summed E-state index contributed by atoms with van der Waals surface area (Å²) in [6.45, 7) is 0.345. The van der Waals surface area contributed by atoms with E-state index in [1.165, 1.54) is 0 Å². The fraction of sp³-hybridized carbons (Fsp3) is 0.304. The van der Waals surface area contributed by atoms with Crippen molar-refractivity contribution in [1.29, 1.82) is 0 Å². The molecule has 1 N–H and O–H groups in total. The summed E-state index contributed by atoms with van der Waals surface area (Å²) in [6.07, 6.45) is 2.93. The third-order valence-electron chi connectivity index (χ3n) is 4.99. The average Bonchev–Trinajstić information content (AvgIpc) is 3.38. The number of nitrogens with zero attached hydrogens (tertiary/aromatic N) is 2. The fourth-order valence-electron chi connectivity index (χ4n) is 3.50. The summed E-state index contributed by atoms with van der Waals surface area (Å²) < 4.78 is 6.22. The Labute approximate surface area is 184 Å². The van der Waals surface area contributed by atoms with Crippen LogP contribution in [0.15, 0.2) is 48.5 Å². The highest BCUT2D eigenvalue weighted by atomic mass is 32.1. The molecule has 2 heterocycles. The summed E-state index contributed by atoms with van der Waals surface area (Å²) in [5, 5.41) is 3.70. The zero-order valence-corrected chi connectivity index (χ0v) is 17.8. The molecule has 1 aliphatic heterocycles. The van der Waals surface area contributed by atoms with E-state index in [1.54, 1.807) is 34.4 Å². The molecule has 7 nitrogen and oxygen atoms in total. The van der Waals surface area contributed by atoms with Gasteiger partial charge in [-0.3, -0.25) is 14.4 Å².